The Bertz CT molecular complexity index is 1620. The van der Waals surface area contributed by atoms with Crippen molar-refractivity contribution in [3.8, 4) is 28.1 Å². The molecule has 4 aromatic carbocycles. The number of methoxy groups -OCH3 is 1. The molecule has 1 heterocycles. The van der Waals surface area contributed by atoms with E-state index in [1.165, 1.54) is 13.3 Å². The van der Waals surface area contributed by atoms with Crippen molar-refractivity contribution in [1.29, 1.82) is 0 Å². The molecule has 0 unspecified atom stereocenters. The number of nitrogens with zero attached hydrogens (tertiary/aromatic N) is 3. The van der Waals surface area contributed by atoms with Gasteiger partial charge in [-0.05, 0) is 53.9 Å². The quantitative estimate of drug-likeness (QED) is 0.162. The highest BCUT2D eigenvalue weighted by molar-refractivity contribution is 5.95. The van der Waals surface area contributed by atoms with E-state index in [2.05, 4.69) is 39.9 Å². The van der Waals surface area contributed by atoms with Crippen molar-refractivity contribution in [2.45, 2.75) is 6.92 Å². The van der Waals surface area contributed by atoms with Crippen LogP contribution in [-0.4, -0.2) is 35.0 Å². The maximum Gasteiger partial charge on any atom is 0.337 e. The van der Waals surface area contributed by atoms with E-state index < -0.39 is 11.9 Å². The molecule has 0 saturated carbocycles. The summed E-state index contributed by atoms with van der Waals surface area (Å²) in [5.41, 5.74) is 9.85. The van der Waals surface area contributed by atoms with Gasteiger partial charge >= 0.3 is 5.97 Å². The third-order valence-corrected chi connectivity index (χ3v) is 6.22. The Labute approximate surface area is 226 Å². The first-order valence-electron chi connectivity index (χ1n) is 12.4. The Balaban J connectivity index is 1.40. The van der Waals surface area contributed by atoms with E-state index >= 15 is 0 Å². The predicted molar refractivity (Wildman–Crippen MR) is 152 cm³/mol. The van der Waals surface area contributed by atoms with Gasteiger partial charge in [0, 0.05) is 5.56 Å². The van der Waals surface area contributed by atoms with Gasteiger partial charge in [0.05, 0.1) is 30.3 Å². The van der Waals surface area contributed by atoms with Crippen LogP contribution in [0.3, 0.4) is 0 Å². The lowest BCUT2D eigenvalue weighted by atomic mass is 10.0. The first kappa shape index (κ1) is 25.4. The smallest absolute Gasteiger partial charge is 0.337 e. The highest BCUT2D eigenvalue weighted by Crippen LogP contribution is 2.27. The number of aryl methyl sites for hydroxylation is 1. The number of hydrazone groups is 1. The lowest BCUT2D eigenvalue weighted by molar-refractivity contribution is 0.0600. The Kier molecular flexibility index (Phi) is 7.41. The molecule has 39 heavy (non-hydrogen) atoms. The number of nitrogens with one attached hydrogen (secondary N) is 1. The van der Waals surface area contributed by atoms with Crippen molar-refractivity contribution >= 4 is 18.1 Å². The van der Waals surface area contributed by atoms with Crippen LogP contribution in [0.15, 0.2) is 114 Å². The fourth-order valence-corrected chi connectivity index (χ4v) is 4.09. The minimum atomic E-state index is -0.439. The minimum absolute atomic E-state index is 0.232. The second-order valence-electron chi connectivity index (χ2n) is 8.92. The molecule has 0 atom stereocenters. The molecule has 0 spiro atoms. The molecule has 0 bridgehead atoms. The average molecular weight is 515 g/mol. The lowest BCUT2D eigenvalue weighted by Crippen LogP contribution is -2.18. The van der Waals surface area contributed by atoms with Gasteiger partial charge in [-0.3, -0.25) is 4.79 Å². The SMILES string of the molecule is COC(=O)c1ccc(/C=N\NC(=O)c2cc(-c3ccc(-c4ccccc4)cc3)n(-c3ccc(C)cc3)n2)cc1. The van der Waals surface area contributed by atoms with Crippen molar-refractivity contribution in [3.05, 3.63) is 132 Å². The van der Waals surface area contributed by atoms with Crippen molar-refractivity contribution in [1.82, 2.24) is 15.2 Å². The largest absolute Gasteiger partial charge is 0.465 e. The molecule has 1 amide bonds. The van der Waals surface area contributed by atoms with E-state index in [1.807, 2.05) is 61.5 Å². The second kappa shape index (κ2) is 11.4. The summed E-state index contributed by atoms with van der Waals surface area (Å²) >= 11 is 0. The van der Waals surface area contributed by atoms with Gasteiger partial charge in [0.1, 0.15) is 0 Å². The topological polar surface area (TPSA) is 85.6 Å². The molecule has 0 aliphatic rings. The van der Waals surface area contributed by atoms with E-state index in [0.29, 0.717) is 11.1 Å². The van der Waals surface area contributed by atoms with Gasteiger partial charge in [-0.2, -0.15) is 10.2 Å². The van der Waals surface area contributed by atoms with Gasteiger partial charge in [-0.25, -0.2) is 14.9 Å². The van der Waals surface area contributed by atoms with Crippen molar-refractivity contribution in [2.75, 3.05) is 7.11 Å². The Morgan fingerprint density at radius 2 is 1.46 bits per heavy atom. The lowest BCUT2D eigenvalue weighted by Gasteiger charge is -2.09. The number of carbonyl (C=O) groups excluding carboxylic acids is 2. The minimum Gasteiger partial charge on any atom is -0.465 e. The first-order valence-corrected chi connectivity index (χ1v) is 12.4. The molecule has 7 nitrogen and oxygen atoms in total. The molecule has 192 valence electrons. The zero-order valence-electron chi connectivity index (χ0n) is 21.5. The van der Waals surface area contributed by atoms with Gasteiger partial charge in [0.25, 0.3) is 5.91 Å². The van der Waals surface area contributed by atoms with Crippen LogP contribution in [-0.2, 0) is 4.74 Å². The fraction of sp³-hybridized carbons (Fsp3) is 0.0625. The molecule has 5 aromatic rings. The molecule has 0 aliphatic carbocycles. The van der Waals surface area contributed by atoms with Gasteiger partial charge in [0.2, 0.25) is 0 Å². The summed E-state index contributed by atoms with van der Waals surface area (Å²) in [6.07, 6.45) is 1.50. The summed E-state index contributed by atoms with van der Waals surface area (Å²) in [7, 11) is 1.33. The summed E-state index contributed by atoms with van der Waals surface area (Å²) in [5, 5.41) is 8.68. The maximum atomic E-state index is 13.0. The highest BCUT2D eigenvalue weighted by atomic mass is 16.5. The Hall–Kier alpha value is -5.30. The number of benzene rings is 4. The van der Waals surface area contributed by atoms with Crippen LogP contribution in [0.5, 0.6) is 0 Å². The van der Waals surface area contributed by atoms with Gasteiger partial charge in [-0.15, -0.1) is 0 Å². The van der Waals surface area contributed by atoms with Gasteiger partial charge in [0.15, 0.2) is 5.69 Å². The molecule has 1 aromatic heterocycles. The average Bonchev–Trinajstić information content (AvgIpc) is 3.44. The van der Waals surface area contributed by atoms with Crippen LogP contribution in [0.1, 0.15) is 32.0 Å². The number of carbonyl (C=O) groups is 2. The summed E-state index contributed by atoms with van der Waals surface area (Å²) in [4.78, 5) is 24.6. The summed E-state index contributed by atoms with van der Waals surface area (Å²) < 4.78 is 6.47. The summed E-state index contributed by atoms with van der Waals surface area (Å²) in [6.45, 7) is 2.02. The zero-order chi connectivity index (χ0) is 27.2. The molecule has 0 fully saturated rings. The van der Waals surface area contributed by atoms with Crippen LogP contribution < -0.4 is 5.43 Å². The number of rotatable bonds is 7. The van der Waals surface area contributed by atoms with Crippen LogP contribution in [0.4, 0.5) is 0 Å². The van der Waals surface area contributed by atoms with E-state index in [1.54, 1.807) is 35.0 Å². The molecular weight excluding hydrogens is 488 g/mol. The number of esters is 1. The number of amides is 1. The molecule has 0 saturated heterocycles. The number of ether oxygens (including phenoxy) is 1. The zero-order valence-corrected chi connectivity index (χ0v) is 21.5. The number of hydrogen-bond acceptors (Lipinski definition) is 5. The van der Waals surface area contributed by atoms with Gasteiger partial charge < -0.3 is 4.74 Å². The molecular formula is C32H26N4O3. The fourth-order valence-electron chi connectivity index (χ4n) is 4.09. The summed E-state index contributed by atoms with van der Waals surface area (Å²) in [5.74, 6) is -0.855. The van der Waals surface area contributed by atoms with E-state index in [4.69, 9.17) is 4.74 Å². The molecule has 1 N–H and O–H groups in total. The molecule has 0 radical (unpaired) electrons. The van der Waals surface area contributed by atoms with Crippen LogP contribution in [0, 0.1) is 6.92 Å². The first-order chi connectivity index (χ1) is 19.0. The highest BCUT2D eigenvalue weighted by Gasteiger charge is 2.17. The Morgan fingerprint density at radius 1 is 0.821 bits per heavy atom. The van der Waals surface area contributed by atoms with Crippen molar-refractivity contribution < 1.29 is 14.3 Å². The van der Waals surface area contributed by atoms with E-state index in [0.717, 1.165) is 33.6 Å². The van der Waals surface area contributed by atoms with Gasteiger partial charge in [-0.1, -0.05) is 84.4 Å². The monoisotopic (exact) mass is 514 g/mol. The Morgan fingerprint density at radius 3 is 2.13 bits per heavy atom. The normalized spacial score (nSPS) is 10.9. The second-order valence-corrected chi connectivity index (χ2v) is 8.92. The van der Waals surface area contributed by atoms with Crippen molar-refractivity contribution in [2.24, 2.45) is 5.10 Å². The van der Waals surface area contributed by atoms with Crippen LogP contribution in [0.2, 0.25) is 0 Å². The standard InChI is InChI=1S/C32H26N4O3/c1-22-8-18-28(19-9-22)36-30(26-16-14-25(15-17-26)24-6-4-3-5-7-24)20-29(35-36)31(37)34-33-21-23-10-12-27(13-11-23)32(38)39-2/h3-21H,1-2H3,(H,34,37)/b33-21-. The number of aromatic nitrogens is 2. The molecule has 5 rings (SSSR count). The number of hydrogen-bond donors (Lipinski definition) is 1. The van der Waals surface area contributed by atoms with E-state index in [-0.39, 0.29) is 5.69 Å². The van der Waals surface area contributed by atoms with Crippen LogP contribution >= 0.6 is 0 Å². The molecule has 0 aliphatic heterocycles. The third kappa shape index (κ3) is 5.83. The third-order valence-electron chi connectivity index (χ3n) is 6.22. The summed E-state index contributed by atoms with van der Waals surface area (Å²) in [6, 6.07) is 34.8. The van der Waals surface area contributed by atoms with E-state index in [9.17, 15) is 9.59 Å². The predicted octanol–water partition coefficient (Wildman–Crippen LogP) is 6.07. The van der Waals surface area contributed by atoms with Crippen molar-refractivity contribution in [3.63, 3.8) is 0 Å². The van der Waals surface area contributed by atoms with Crippen LogP contribution in [0.25, 0.3) is 28.1 Å². The molecule has 7 heteroatoms. The maximum absolute atomic E-state index is 13.0.